The zero-order valence-corrected chi connectivity index (χ0v) is 21.6. The number of amides is 2. The SMILES string of the molecule is CSNc1cc(Br)cc(NC(=O)c2cnn(-c3ncc(N4CCN(C(C)=O)CC4)cc3C)c2)c1. The van der Waals surface area contributed by atoms with E-state index in [1.54, 1.807) is 17.8 Å². The van der Waals surface area contributed by atoms with Gasteiger partial charge in [-0.3, -0.25) is 9.59 Å². The minimum atomic E-state index is -0.253. The van der Waals surface area contributed by atoms with Crippen LogP contribution in [-0.2, 0) is 4.79 Å². The highest BCUT2D eigenvalue weighted by atomic mass is 79.9. The van der Waals surface area contributed by atoms with Crippen LogP contribution < -0.4 is 14.9 Å². The van der Waals surface area contributed by atoms with Crippen molar-refractivity contribution in [2.45, 2.75) is 13.8 Å². The number of aryl methyl sites for hydroxylation is 1. The van der Waals surface area contributed by atoms with Crippen LogP contribution in [0.2, 0.25) is 0 Å². The zero-order chi connectivity index (χ0) is 24.2. The molecule has 1 saturated heterocycles. The fourth-order valence-electron chi connectivity index (χ4n) is 3.84. The summed E-state index contributed by atoms with van der Waals surface area (Å²) < 4.78 is 5.63. The third-order valence-electron chi connectivity index (χ3n) is 5.56. The lowest BCUT2D eigenvalue weighted by Gasteiger charge is -2.35. The van der Waals surface area contributed by atoms with E-state index in [0.717, 1.165) is 34.5 Å². The molecule has 178 valence electrons. The maximum atomic E-state index is 12.8. The van der Waals surface area contributed by atoms with E-state index in [4.69, 9.17) is 0 Å². The Balaban J connectivity index is 1.45. The van der Waals surface area contributed by atoms with E-state index >= 15 is 0 Å². The molecule has 4 rings (SSSR count). The maximum Gasteiger partial charge on any atom is 0.258 e. The second kappa shape index (κ2) is 10.5. The molecule has 1 aliphatic rings. The number of halogens is 1. The molecule has 11 heteroatoms. The Labute approximate surface area is 211 Å². The molecule has 0 bridgehead atoms. The average molecular weight is 544 g/mol. The van der Waals surface area contributed by atoms with Gasteiger partial charge in [0.25, 0.3) is 5.91 Å². The molecule has 2 N–H and O–H groups in total. The number of carbonyl (C=O) groups is 2. The van der Waals surface area contributed by atoms with Gasteiger partial charge in [-0.15, -0.1) is 0 Å². The largest absolute Gasteiger partial charge is 0.367 e. The standard InChI is InChI=1S/C23H26BrN7O2S/c1-15-8-21(30-6-4-29(5-7-30)16(2)32)13-25-22(15)31-14-17(12-26-31)23(33)27-19-9-18(24)10-20(11-19)28-34-3/h8-14,28H,4-7H2,1-3H3,(H,27,33). The number of nitrogens with zero attached hydrogens (tertiary/aromatic N) is 5. The number of piperazine rings is 1. The number of pyridine rings is 1. The molecular formula is C23H26BrN7O2S. The van der Waals surface area contributed by atoms with Crippen molar-refractivity contribution in [3.63, 3.8) is 0 Å². The van der Waals surface area contributed by atoms with Crippen molar-refractivity contribution in [2.75, 3.05) is 47.4 Å². The van der Waals surface area contributed by atoms with Gasteiger partial charge in [0, 0.05) is 61.4 Å². The van der Waals surface area contributed by atoms with Crippen LogP contribution >= 0.6 is 27.9 Å². The molecule has 3 heterocycles. The zero-order valence-electron chi connectivity index (χ0n) is 19.2. The number of carbonyl (C=O) groups excluding carboxylic acids is 2. The van der Waals surface area contributed by atoms with E-state index in [-0.39, 0.29) is 11.8 Å². The number of rotatable bonds is 6. The molecule has 0 unspecified atom stereocenters. The molecule has 1 aromatic carbocycles. The predicted octanol–water partition coefficient (Wildman–Crippen LogP) is 3.95. The topological polar surface area (TPSA) is 95.4 Å². The second-order valence-electron chi connectivity index (χ2n) is 7.99. The smallest absolute Gasteiger partial charge is 0.258 e. The molecule has 0 saturated carbocycles. The van der Waals surface area contributed by atoms with Crippen molar-refractivity contribution in [2.24, 2.45) is 0 Å². The molecule has 2 aromatic heterocycles. The van der Waals surface area contributed by atoms with Gasteiger partial charge in [0.1, 0.15) is 0 Å². The van der Waals surface area contributed by atoms with Crippen molar-refractivity contribution < 1.29 is 9.59 Å². The highest BCUT2D eigenvalue weighted by Crippen LogP contribution is 2.25. The summed E-state index contributed by atoms with van der Waals surface area (Å²) in [6.45, 7) is 6.54. The van der Waals surface area contributed by atoms with Crippen LogP contribution in [0.25, 0.3) is 5.82 Å². The lowest BCUT2D eigenvalue weighted by Crippen LogP contribution is -2.48. The van der Waals surface area contributed by atoms with Gasteiger partial charge in [0.15, 0.2) is 5.82 Å². The first-order chi connectivity index (χ1) is 16.3. The first kappa shape index (κ1) is 24.1. The summed E-state index contributed by atoms with van der Waals surface area (Å²) in [6, 6.07) is 7.71. The Kier molecular flexibility index (Phi) is 7.42. The molecule has 0 spiro atoms. The number of hydrogen-bond donors (Lipinski definition) is 2. The first-order valence-corrected chi connectivity index (χ1v) is 12.8. The highest BCUT2D eigenvalue weighted by molar-refractivity contribution is 9.10. The summed E-state index contributed by atoms with van der Waals surface area (Å²) in [5, 5.41) is 7.27. The fraction of sp³-hybridized carbons (Fsp3) is 0.304. The molecule has 0 aliphatic carbocycles. The predicted molar refractivity (Wildman–Crippen MR) is 140 cm³/mol. The number of nitrogens with one attached hydrogen (secondary N) is 2. The van der Waals surface area contributed by atoms with Gasteiger partial charge in [0.2, 0.25) is 5.91 Å². The molecule has 0 radical (unpaired) electrons. The molecule has 2 amide bonds. The van der Waals surface area contributed by atoms with Crippen molar-refractivity contribution >= 4 is 56.8 Å². The van der Waals surface area contributed by atoms with Gasteiger partial charge in [-0.25, -0.2) is 9.67 Å². The van der Waals surface area contributed by atoms with E-state index in [2.05, 4.69) is 47.0 Å². The summed E-state index contributed by atoms with van der Waals surface area (Å²) in [5.41, 5.74) is 3.95. The Morgan fingerprint density at radius 2 is 1.79 bits per heavy atom. The van der Waals surface area contributed by atoms with E-state index < -0.39 is 0 Å². The van der Waals surface area contributed by atoms with Gasteiger partial charge in [-0.2, -0.15) is 5.10 Å². The number of anilines is 3. The third kappa shape index (κ3) is 5.53. The van der Waals surface area contributed by atoms with Crippen LogP contribution in [0.4, 0.5) is 17.1 Å². The molecular weight excluding hydrogens is 518 g/mol. The normalized spacial score (nSPS) is 13.6. The number of benzene rings is 1. The molecule has 34 heavy (non-hydrogen) atoms. The molecule has 1 fully saturated rings. The van der Waals surface area contributed by atoms with Crippen LogP contribution in [0.3, 0.4) is 0 Å². The summed E-state index contributed by atoms with van der Waals surface area (Å²) in [7, 11) is 0. The van der Waals surface area contributed by atoms with Crippen molar-refractivity contribution in [1.29, 1.82) is 0 Å². The Morgan fingerprint density at radius 3 is 2.47 bits per heavy atom. The third-order valence-corrected chi connectivity index (χ3v) is 6.46. The summed E-state index contributed by atoms with van der Waals surface area (Å²) in [5.74, 6) is 0.524. The van der Waals surface area contributed by atoms with Gasteiger partial charge in [-0.05, 0) is 36.8 Å². The summed E-state index contributed by atoms with van der Waals surface area (Å²) >= 11 is 4.95. The molecule has 0 atom stereocenters. The monoisotopic (exact) mass is 543 g/mol. The van der Waals surface area contributed by atoms with Crippen LogP contribution in [0.1, 0.15) is 22.8 Å². The van der Waals surface area contributed by atoms with E-state index in [1.165, 1.54) is 18.1 Å². The number of hydrogen-bond acceptors (Lipinski definition) is 7. The minimum absolute atomic E-state index is 0.111. The Bertz CT molecular complexity index is 1210. The van der Waals surface area contributed by atoms with Crippen LogP contribution in [0.15, 0.2) is 47.3 Å². The van der Waals surface area contributed by atoms with Crippen molar-refractivity contribution in [3.8, 4) is 5.82 Å². The quantitative estimate of drug-likeness (QED) is 0.454. The Morgan fingerprint density at radius 1 is 1.06 bits per heavy atom. The van der Waals surface area contributed by atoms with E-state index in [0.29, 0.717) is 30.2 Å². The number of aromatic nitrogens is 3. The highest BCUT2D eigenvalue weighted by Gasteiger charge is 2.20. The first-order valence-electron chi connectivity index (χ1n) is 10.8. The second-order valence-corrected chi connectivity index (χ2v) is 9.52. The van der Waals surface area contributed by atoms with Crippen molar-refractivity contribution in [3.05, 3.63) is 58.5 Å². The Hall–Kier alpha value is -3.05. The summed E-state index contributed by atoms with van der Waals surface area (Å²) in [6.07, 6.45) is 6.96. The lowest BCUT2D eigenvalue weighted by molar-refractivity contribution is -0.129. The fourth-order valence-corrected chi connectivity index (χ4v) is 4.69. The van der Waals surface area contributed by atoms with Crippen molar-refractivity contribution in [1.82, 2.24) is 19.7 Å². The van der Waals surface area contributed by atoms with E-state index in [9.17, 15) is 9.59 Å². The average Bonchev–Trinajstić information content (AvgIpc) is 3.29. The maximum absolute atomic E-state index is 12.8. The van der Waals surface area contributed by atoms with Crippen LogP contribution in [0, 0.1) is 6.92 Å². The van der Waals surface area contributed by atoms with Gasteiger partial charge >= 0.3 is 0 Å². The summed E-state index contributed by atoms with van der Waals surface area (Å²) in [4.78, 5) is 33.0. The molecule has 1 aliphatic heterocycles. The van der Waals surface area contributed by atoms with Gasteiger partial charge < -0.3 is 19.8 Å². The van der Waals surface area contributed by atoms with Gasteiger partial charge in [0.05, 0.1) is 23.6 Å². The molecule has 9 nitrogen and oxygen atoms in total. The van der Waals surface area contributed by atoms with Crippen LogP contribution in [-0.4, -0.2) is 63.9 Å². The van der Waals surface area contributed by atoms with E-state index in [1.807, 2.05) is 42.5 Å². The lowest BCUT2D eigenvalue weighted by atomic mass is 10.2. The minimum Gasteiger partial charge on any atom is -0.367 e. The van der Waals surface area contributed by atoms with Gasteiger partial charge in [-0.1, -0.05) is 27.9 Å². The molecule has 3 aromatic rings. The van der Waals surface area contributed by atoms with Crippen LogP contribution in [0.5, 0.6) is 0 Å².